The van der Waals surface area contributed by atoms with Crippen molar-refractivity contribution in [1.29, 1.82) is 0 Å². The molecule has 1 aliphatic heterocycles. The Balaban J connectivity index is 2.59. The minimum atomic E-state index is -0.112. The molecule has 0 N–H and O–H groups in total. The molecule has 100 valence electrons. The van der Waals surface area contributed by atoms with Crippen LogP contribution in [0.2, 0.25) is 0 Å². The molecule has 0 aromatic carbocycles. The summed E-state index contributed by atoms with van der Waals surface area (Å²) in [5.41, 5.74) is -0.112. The van der Waals surface area contributed by atoms with Crippen molar-refractivity contribution in [3.63, 3.8) is 0 Å². The maximum absolute atomic E-state index is 11.3. The Hall–Kier alpha value is -0.0200. The molecule has 17 heavy (non-hydrogen) atoms. The molecule has 2 nitrogen and oxygen atoms in total. The normalized spacial score (nSPS) is 22.1. The maximum atomic E-state index is 11.3. The third-order valence-corrected chi connectivity index (χ3v) is 5.50. The minimum Gasteiger partial charge on any atom is -0.303 e. The lowest BCUT2D eigenvalue weighted by molar-refractivity contribution is -0.117. The largest absolute Gasteiger partial charge is 0.303 e. The Labute approximate surface area is 111 Å². The lowest BCUT2D eigenvalue weighted by atomic mass is 9.83. The fourth-order valence-corrected chi connectivity index (χ4v) is 3.48. The maximum Gasteiger partial charge on any atom is 0.127 e. The molecule has 0 spiro atoms. The van der Waals surface area contributed by atoms with Crippen LogP contribution in [0.1, 0.15) is 47.0 Å². The molecule has 0 bridgehead atoms. The topological polar surface area (TPSA) is 20.3 Å². The molecule has 0 aromatic rings. The van der Waals surface area contributed by atoms with Crippen LogP contribution in [0.4, 0.5) is 0 Å². The highest BCUT2D eigenvalue weighted by Crippen LogP contribution is 2.32. The second-order valence-corrected chi connectivity index (χ2v) is 7.62. The van der Waals surface area contributed by atoms with Gasteiger partial charge in [0.25, 0.3) is 0 Å². The predicted molar refractivity (Wildman–Crippen MR) is 76.7 cm³/mol. The zero-order chi connectivity index (χ0) is 12.9. The number of carbonyl (C=O) groups excluding carboxylic acids is 1. The number of thioether (sulfide) groups is 1. The van der Waals surface area contributed by atoms with Crippen molar-refractivity contribution in [3.05, 3.63) is 0 Å². The Morgan fingerprint density at radius 2 is 1.94 bits per heavy atom. The van der Waals surface area contributed by atoms with Crippen LogP contribution in [0.25, 0.3) is 0 Å². The van der Waals surface area contributed by atoms with E-state index in [0.29, 0.717) is 4.75 Å². The van der Waals surface area contributed by atoms with Gasteiger partial charge in [-0.1, -0.05) is 27.7 Å². The molecule has 1 saturated heterocycles. The van der Waals surface area contributed by atoms with Crippen LogP contribution >= 0.6 is 11.8 Å². The Bertz CT molecular complexity index is 249. The molecule has 0 atom stereocenters. The van der Waals surface area contributed by atoms with Crippen LogP contribution < -0.4 is 0 Å². The van der Waals surface area contributed by atoms with E-state index in [2.05, 4.69) is 44.4 Å². The summed E-state index contributed by atoms with van der Waals surface area (Å²) in [5, 5.41) is 0. The molecule has 1 aliphatic rings. The van der Waals surface area contributed by atoms with Gasteiger partial charge in [-0.25, -0.2) is 0 Å². The second kappa shape index (κ2) is 6.24. The first kappa shape index (κ1) is 15.0. The zero-order valence-electron chi connectivity index (χ0n) is 11.8. The van der Waals surface area contributed by atoms with E-state index in [4.69, 9.17) is 0 Å². The molecule has 0 amide bonds. The first-order valence-corrected chi connectivity index (χ1v) is 7.78. The Kier molecular flexibility index (Phi) is 5.52. The van der Waals surface area contributed by atoms with Crippen molar-refractivity contribution >= 4 is 18.0 Å². The predicted octanol–water partition coefficient (Wildman–Crippen LogP) is 3.21. The van der Waals surface area contributed by atoms with Crippen molar-refractivity contribution in [2.24, 2.45) is 5.41 Å². The molecule has 1 fully saturated rings. The highest BCUT2D eigenvalue weighted by atomic mass is 32.2. The van der Waals surface area contributed by atoms with E-state index in [9.17, 15) is 4.79 Å². The van der Waals surface area contributed by atoms with E-state index in [1.165, 1.54) is 18.5 Å². The lowest BCUT2D eigenvalue weighted by Crippen LogP contribution is -2.39. The molecular weight excluding hydrogens is 230 g/mol. The van der Waals surface area contributed by atoms with Crippen molar-refractivity contribution in [3.8, 4) is 0 Å². The Morgan fingerprint density at radius 3 is 2.47 bits per heavy atom. The third-order valence-electron chi connectivity index (χ3n) is 4.13. The number of rotatable bonds is 5. The monoisotopic (exact) mass is 257 g/mol. The van der Waals surface area contributed by atoms with Crippen molar-refractivity contribution < 1.29 is 4.79 Å². The number of carbonyl (C=O) groups is 1. The van der Waals surface area contributed by atoms with Gasteiger partial charge in [0.1, 0.15) is 6.29 Å². The summed E-state index contributed by atoms with van der Waals surface area (Å²) in [4.78, 5) is 13.8. The van der Waals surface area contributed by atoms with Crippen molar-refractivity contribution in [2.45, 2.75) is 51.7 Å². The van der Waals surface area contributed by atoms with Gasteiger partial charge in [0.2, 0.25) is 0 Å². The zero-order valence-corrected chi connectivity index (χ0v) is 12.6. The molecule has 0 unspecified atom stereocenters. The highest BCUT2D eigenvalue weighted by Gasteiger charge is 2.31. The summed E-state index contributed by atoms with van der Waals surface area (Å²) in [6.45, 7) is 12.1. The van der Waals surface area contributed by atoms with Crippen LogP contribution in [-0.2, 0) is 4.79 Å². The fraction of sp³-hybridized carbons (Fsp3) is 0.929. The van der Waals surface area contributed by atoms with Crippen LogP contribution in [0.15, 0.2) is 0 Å². The summed E-state index contributed by atoms with van der Waals surface area (Å²) in [6.07, 6.45) is 4.33. The highest BCUT2D eigenvalue weighted by molar-refractivity contribution is 8.00. The average molecular weight is 257 g/mol. The molecule has 3 heteroatoms. The molecule has 0 saturated carbocycles. The number of hydrogen-bond donors (Lipinski definition) is 0. The molecule has 1 heterocycles. The SMILES string of the molecule is CCC(C=O)(CC)CN1CCSC(C)(C)CC1. The molecule has 0 radical (unpaired) electrons. The van der Waals surface area contributed by atoms with E-state index >= 15 is 0 Å². The fourth-order valence-electron chi connectivity index (χ4n) is 2.34. The van der Waals surface area contributed by atoms with Gasteiger partial charge in [-0.2, -0.15) is 11.8 Å². The van der Waals surface area contributed by atoms with Gasteiger partial charge in [0.05, 0.1) is 0 Å². The second-order valence-electron chi connectivity index (χ2n) is 5.82. The molecular formula is C14H27NOS. The van der Waals surface area contributed by atoms with Gasteiger partial charge in [-0.15, -0.1) is 0 Å². The quantitative estimate of drug-likeness (QED) is 0.705. The third kappa shape index (κ3) is 4.29. The average Bonchev–Trinajstić information content (AvgIpc) is 2.48. The van der Waals surface area contributed by atoms with Gasteiger partial charge in [-0.05, 0) is 25.8 Å². The summed E-state index contributed by atoms with van der Waals surface area (Å²) < 4.78 is 0.400. The van der Waals surface area contributed by atoms with Crippen molar-refractivity contribution in [2.75, 3.05) is 25.4 Å². The first-order chi connectivity index (χ1) is 7.97. The van der Waals surface area contributed by atoms with Crippen LogP contribution in [0, 0.1) is 5.41 Å². The van der Waals surface area contributed by atoms with Crippen LogP contribution in [0.3, 0.4) is 0 Å². The van der Waals surface area contributed by atoms with Gasteiger partial charge in [-0.3, -0.25) is 0 Å². The van der Waals surface area contributed by atoms with Gasteiger partial charge >= 0.3 is 0 Å². The summed E-state index contributed by atoms with van der Waals surface area (Å²) in [7, 11) is 0. The van der Waals surface area contributed by atoms with E-state index < -0.39 is 0 Å². The van der Waals surface area contributed by atoms with Crippen LogP contribution in [0.5, 0.6) is 0 Å². The standard InChI is InChI=1S/C14H27NOS/c1-5-14(6-2,12-16)11-15-8-7-13(3,4)17-10-9-15/h12H,5-11H2,1-4H3. The van der Waals surface area contributed by atoms with Gasteiger partial charge in [0, 0.05) is 29.0 Å². The van der Waals surface area contributed by atoms with E-state index in [0.717, 1.165) is 32.5 Å². The number of hydrogen-bond acceptors (Lipinski definition) is 3. The van der Waals surface area contributed by atoms with E-state index in [-0.39, 0.29) is 5.41 Å². The molecule has 0 aliphatic carbocycles. The number of aldehydes is 1. The first-order valence-electron chi connectivity index (χ1n) is 6.79. The summed E-state index contributed by atoms with van der Waals surface area (Å²) >= 11 is 2.06. The van der Waals surface area contributed by atoms with Crippen molar-refractivity contribution in [1.82, 2.24) is 4.90 Å². The van der Waals surface area contributed by atoms with Crippen LogP contribution in [-0.4, -0.2) is 41.3 Å². The Morgan fingerprint density at radius 1 is 1.29 bits per heavy atom. The summed E-state index contributed by atoms with van der Waals surface area (Å²) in [6, 6.07) is 0. The lowest BCUT2D eigenvalue weighted by Gasteiger charge is -2.32. The minimum absolute atomic E-state index is 0.112. The van der Waals surface area contributed by atoms with E-state index in [1.54, 1.807) is 0 Å². The smallest absolute Gasteiger partial charge is 0.127 e. The van der Waals surface area contributed by atoms with Gasteiger partial charge in [0.15, 0.2) is 0 Å². The van der Waals surface area contributed by atoms with Gasteiger partial charge < -0.3 is 9.69 Å². The number of nitrogens with zero attached hydrogens (tertiary/aromatic N) is 1. The summed E-state index contributed by atoms with van der Waals surface area (Å²) in [5.74, 6) is 1.19. The molecule has 0 aromatic heterocycles. The molecule has 1 rings (SSSR count). The van der Waals surface area contributed by atoms with E-state index in [1.807, 2.05) is 0 Å².